The number of unbranched alkanes of at least 4 members (excludes halogenated alkanes) is 2. The van der Waals surface area contributed by atoms with Gasteiger partial charge in [0.2, 0.25) is 0 Å². The summed E-state index contributed by atoms with van der Waals surface area (Å²) in [4.78, 5) is 0. The van der Waals surface area contributed by atoms with E-state index in [-0.39, 0.29) is 18.3 Å². The van der Waals surface area contributed by atoms with Gasteiger partial charge in [0.15, 0.2) is 0 Å². The second-order valence-corrected chi connectivity index (χ2v) is 5.34. The monoisotopic (exact) mass is 225 g/mol. The van der Waals surface area contributed by atoms with Gasteiger partial charge in [-0.05, 0) is 53.5 Å². The maximum atomic E-state index is 5.84. The smallest absolute Gasteiger partial charge is 0.400 e. The molecule has 0 unspecified atom stereocenters. The summed E-state index contributed by atoms with van der Waals surface area (Å²) in [6.07, 6.45) is 5.37. The van der Waals surface area contributed by atoms with Crippen LogP contribution < -0.4 is 5.73 Å². The highest BCUT2D eigenvalue weighted by Crippen LogP contribution is 2.36. The topological polar surface area (TPSA) is 44.5 Å². The van der Waals surface area contributed by atoms with Crippen LogP contribution in [0.2, 0.25) is 0 Å². The second kappa shape index (κ2) is 5.34. The summed E-state index contributed by atoms with van der Waals surface area (Å²) in [7, 11) is -0.206. The van der Waals surface area contributed by atoms with E-state index < -0.39 is 0 Å². The van der Waals surface area contributed by atoms with Crippen LogP contribution in [0.1, 0.15) is 47.0 Å². The zero-order valence-corrected chi connectivity index (χ0v) is 11.0. The Morgan fingerprint density at radius 1 is 1.06 bits per heavy atom. The lowest BCUT2D eigenvalue weighted by Gasteiger charge is -2.32. The molecule has 1 heterocycles. The number of nitrogens with two attached hydrogens (primary N) is 1. The van der Waals surface area contributed by atoms with Gasteiger partial charge in [-0.2, -0.15) is 0 Å². The van der Waals surface area contributed by atoms with Gasteiger partial charge < -0.3 is 15.0 Å². The predicted octanol–water partition coefficient (Wildman–Crippen LogP) is 2.30. The molecule has 0 bridgehead atoms. The fourth-order valence-electron chi connectivity index (χ4n) is 1.58. The normalized spacial score (nSPS) is 23.2. The molecule has 0 aliphatic carbocycles. The molecule has 0 radical (unpaired) electrons. The van der Waals surface area contributed by atoms with Crippen molar-refractivity contribution in [2.45, 2.75) is 58.2 Å². The molecule has 0 aromatic heterocycles. The molecule has 1 aliphatic heterocycles. The van der Waals surface area contributed by atoms with Crippen LogP contribution in [0.15, 0.2) is 12.1 Å². The fraction of sp³-hybridized carbons (Fsp3) is 0.833. The van der Waals surface area contributed by atoms with Gasteiger partial charge >= 0.3 is 7.12 Å². The molecular weight excluding hydrogens is 201 g/mol. The second-order valence-electron chi connectivity index (χ2n) is 5.34. The zero-order chi connectivity index (χ0) is 12.2. The van der Waals surface area contributed by atoms with Crippen LogP contribution in [-0.2, 0) is 9.31 Å². The first-order chi connectivity index (χ1) is 7.39. The third-order valence-corrected chi connectivity index (χ3v) is 3.39. The van der Waals surface area contributed by atoms with Crippen molar-refractivity contribution in [1.29, 1.82) is 0 Å². The lowest BCUT2D eigenvalue weighted by molar-refractivity contribution is 0.00578. The third-order valence-electron chi connectivity index (χ3n) is 3.39. The van der Waals surface area contributed by atoms with Crippen molar-refractivity contribution in [2.75, 3.05) is 6.54 Å². The minimum absolute atomic E-state index is 0.206. The van der Waals surface area contributed by atoms with Crippen molar-refractivity contribution in [3.63, 3.8) is 0 Å². The molecule has 0 atom stereocenters. The van der Waals surface area contributed by atoms with Crippen molar-refractivity contribution in [1.82, 2.24) is 0 Å². The summed E-state index contributed by atoms with van der Waals surface area (Å²) in [5, 5.41) is 0. The van der Waals surface area contributed by atoms with Crippen LogP contribution in [0.4, 0.5) is 0 Å². The molecule has 1 fully saturated rings. The SMILES string of the molecule is CC1(C)OB(/C=C/CCCCN)OC1(C)C. The average Bonchev–Trinajstić information content (AvgIpc) is 2.35. The van der Waals surface area contributed by atoms with E-state index in [0.29, 0.717) is 0 Å². The van der Waals surface area contributed by atoms with E-state index >= 15 is 0 Å². The van der Waals surface area contributed by atoms with Gasteiger partial charge in [-0.3, -0.25) is 0 Å². The van der Waals surface area contributed by atoms with Gasteiger partial charge in [0.1, 0.15) is 0 Å². The minimum atomic E-state index is -0.237. The Bertz CT molecular complexity index is 235. The van der Waals surface area contributed by atoms with E-state index in [1.807, 2.05) is 5.98 Å². The summed E-state index contributed by atoms with van der Waals surface area (Å²) >= 11 is 0. The summed E-state index contributed by atoms with van der Waals surface area (Å²) in [6.45, 7) is 9.03. The van der Waals surface area contributed by atoms with Gasteiger partial charge in [0.05, 0.1) is 11.2 Å². The first-order valence-corrected chi connectivity index (χ1v) is 6.11. The van der Waals surface area contributed by atoms with Crippen LogP contribution in [0.5, 0.6) is 0 Å². The summed E-state index contributed by atoms with van der Waals surface area (Å²) in [6, 6.07) is 0. The fourth-order valence-corrected chi connectivity index (χ4v) is 1.58. The van der Waals surface area contributed by atoms with Crippen molar-refractivity contribution < 1.29 is 9.31 Å². The molecule has 1 rings (SSSR count). The number of hydrogen-bond donors (Lipinski definition) is 1. The Hall–Kier alpha value is -0.315. The van der Waals surface area contributed by atoms with E-state index in [0.717, 1.165) is 25.8 Å². The molecule has 0 aromatic rings. The van der Waals surface area contributed by atoms with Crippen LogP contribution in [0, 0.1) is 0 Å². The van der Waals surface area contributed by atoms with Crippen molar-refractivity contribution in [2.24, 2.45) is 5.73 Å². The van der Waals surface area contributed by atoms with Crippen molar-refractivity contribution >= 4 is 7.12 Å². The molecule has 1 saturated heterocycles. The quantitative estimate of drug-likeness (QED) is 0.576. The molecule has 3 nitrogen and oxygen atoms in total. The van der Waals surface area contributed by atoms with E-state index in [4.69, 9.17) is 15.0 Å². The molecule has 2 N–H and O–H groups in total. The Balaban J connectivity index is 2.36. The lowest BCUT2D eigenvalue weighted by Crippen LogP contribution is -2.41. The zero-order valence-electron chi connectivity index (χ0n) is 11.0. The Morgan fingerprint density at radius 2 is 1.62 bits per heavy atom. The largest absolute Gasteiger partial charge is 0.486 e. The van der Waals surface area contributed by atoms with Gasteiger partial charge in [0.25, 0.3) is 0 Å². The van der Waals surface area contributed by atoms with Crippen molar-refractivity contribution in [3.8, 4) is 0 Å². The van der Waals surface area contributed by atoms with Gasteiger partial charge in [-0.15, -0.1) is 0 Å². The highest BCUT2D eigenvalue weighted by molar-refractivity contribution is 6.51. The maximum absolute atomic E-state index is 5.84. The average molecular weight is 225 g/mol. The highest BCUT2D eigenvalue weighted by Gasteiger charge is 2.49. The lowest BCUT2D eigenvalue weighted by atomic mass is 9.89. The Labute approximate surface area is 99.5 Å². The first-order valence-electron chi connectivity index (χ1n) is 6.11. The van der Waals surface area contributed by atoms with Gasteiger partial charge in [0, 0.05) is 0 Å². The van der Waals surface area contributed by atoms with Crippen LogP contribution >= 0.6 is 0 Å². The highest BCUT2D eigenvalue weighted by atomic mass is 16.7. The first kappa shape index (κ1) is 13.7. The molecular formula is C12H24BNO2. The van der Waals surface area contributed by atoms with E-state index in [1.165, 1.54) is 0 Å². The molecule has 0 amide bonds. The number of rotatable bonds is 5. The molecule has 16 heavy (non-hydrogen) atoms. The molecule has 4 heteroatoms. The number of hydrogen-bond acceptors (Lipinski definition) is 3. The van der Waals surface area contributed by atoms with Crippen LogP contribution in [0.3, 0.4) is 0 Å². The van der Waals surface area contributed by atoms with E-state index in [9.17, 15) is 0 Å². The summed E-state index contributed by atoms with van der Waals surface area (Å²) in [5.41, 5.74) is 4.96. The predicted molar refractivity (Wildman–Crippen MR) is 68.1 cm³/mol. The van der Waals surface area contributed by atoms with E-state index in [2.05, 4.69) is 33.8 Å². The summed E-state index contributed by atoms with van der Waals surface area (Å²) < 4.78 is 11.7. The van der Waals surface area contributed by atoms with Crippen molar-refractivity contribution in [3.05, 3.63) is 12.1 Å². The Kier molecular flexibility index (Phi) is 4.59. The minimum Gasteiger partial charge on any atom is -0.400 e. The molecule has 0 aromatic carbocycles. The van der Waals surface area contributed by atoms with Crippen LogP contribution in [-0.4, -0.2) is 24.9 Å². The third kappa shape index (κ3) is 3.34. The maximum Gasteiger partial charge on any atom is 0.486 e. The van der Waals surface area contributed by atoms with Crippen LogP contribution in [0.25, 0.3) is 0 Å². The number of allylic oxidation sites excluding steroid dienone is 1. The molecule has 0 saturated carbocycles. The van der Waals surface area contributed by atoms with Gasteiger partial charge in [-0.1, -0.05) is 12.1 Å². The molecule has 0 spiro atoms. The molecule has 1 aliphatic rings. The molecule has 92 valence electrons. The Morgan fingerprint density at radius 3 is 2.12 bits per heavy atom. The standard InChI is InChI=1S/C12H24BNO2/c1-11(2)12(3,4)16-13(15-11)9-7-5-6-8-10-14/h7,9H,5-6,8,10,14H2,1-4H3/b9-7+. The van der Waals surface area contributed by atoms with Gasteiger partial charge in [-0.25, -0.2) is 0 Å². The van der Waals surface area contributed by atoms with E-state index in [1.54, 1.807) is 0 Å². The summed E-state index contributed by atoms with van der Waals surface area (Å²) in [5.74, 6) is 2.01.